The molecule has 0 bridgehead atoms. The summed E-state index contributed by atoms with van der Waals surface area (Å²) in [7, 11) is 0. The van der Waals surface area contributed by atoms with Gasteiger partial charge in [-0.3, -0.25) is 14.5 Å². The predicted octanol–water partition coefficient (Wildman–Crippen LogP) is 2.98. The van der Waals surface area contributed by atoms with Crippen LogP contribution in [-0.2, 0) is 9.59 Å². The standard InChI is InChI=1S/C22H24N2O4/c1-2-24(13-20(25)26)15-11-14(12-15)23-22(27)21-16-7-3-5-9-18(16)28-19-10-6-4-8-17(19)21/h3-10,14-15,21H,2,11-13H2,1H3,(H,23,27)(H,25,26). The average molecular weight is 380 g/mol. The summed E-state index contributed by atoms with van der Waals surface area (Å²) < 4.78 is 5.96. The van der Waals surface area contributed by atoms with Gasteiger partial charge in [-0.1, -0.05) is 43.3 Å². The number of carboxylic acid groups (broad SMARTS) is 1. The van der Waals surface area contributed by atoms with E-state index < -0.39 is 11.9 Å². The molecule has 2 aromatic rings. The van der Waals surface area contributed by atoms with Gasteiger partial charge in [-0.05, 0) is 31.5 Å². The van der Waals surface area contributed by atoms with Crippen molar-refractivity contribution >= 4 is 11.9 Å². The molecule has 0 unspecified atom stereocenters. The fraction of sp³-hybridized carbons (Fsp3) is 0.364. The van der Waals surface area contributed by atoms with Crippen LogP contribution in [0.4, 0.5) is 0 Å². The second-order valence-corrected chi connectivity index (χ2v) is 7.40. The highest BCUT2D eigenvalue weighted by molar-refractivity contribution is 5.90. The van der Waals surface area contributed by atoms with Gasteiger partial charge in [0.15, 0.2) is 0 Å². The van der Waals surface area contributed by atoms with Gasteiger partial charge in [-0.15, -0.1) is 0 Å². The molecule has 146 valence electrons. The Morgan fingerprint density at radius 1 is 1.07 bits per heavy atom. The first-order valence-electron chi connectivity index (χ1n) is 9.68. The molecule has 4 rings (SSSR count). The Kier molecular flexibility index (Phi) is 5.05. The van der Waals surface area contributed by atoms with Crippen molar-refractivity contribution in [3.8, 4) is 11.5 Å². The number of ether oxygens (including phenoxy) is 1. The van der Waals surface area contributed by atoms with Gasteiger partial charge in [-0.2, -0.15) is 0 Å². The monoisotopic (exact) mass is 380 g/mol. The zero-order chi connectivity index (χ0) is 19.7. The van der Waals surface area contributed by atoms with Gasteiger partial charge in [0.1, 0.15) is 11.5 Å². The van der Waals surface area contributed by atoms with Crippen molar-refractivity contribution < 1.29 is 19.4 Å². The van der Waals surface area contributed by atoms with Gasteiger partial charge < -0.3 is 15.2 Å². The number of aliphatic carboxylic acids is 1. The molecule has 0 aromatic heterocycles. The summed E-state index contributed by atoms with van der Waals surface area (Å²) in [5.74, 6) is 0.178. The van der Waals surface area contributed by atoms with Gasteiger partial charge in [0.05, 0.1) is 12.5 Å². The number of likely N-dealkylation sites (N-methyl/N-ethyl adjacent to an activating group) is 1. The van der Waals surface area contributed by atoms with E-state index in [1.54, 1.807) is 0 Å². The van der Waals surface area contributed by atoms with Crippen LogP contribution < -0.4 is 10.1 Å². The molecule has 2 N–H and O–H groups in total. The molecule has 0 radical (unpaired) electrons. The van der Waals surface area contributed by atoms with Crippen LogP contribution in [0.1, 0.15) is 36.8 Å². The van der Waals surface area contributed by atoms with E-state index in [4.69, 9.17) is 9.84 Å². The molecule has 28 heavy (non-hydrogen) atoms. The first-order chi connectivity index (χ1) is 13.6. The lowest BCUT2D eigenvalue weighted by molar-refractivity contribution is -0.139. The Balaban J connectivity index is 1.47. The number of fused-ring (bicyclic) bond motifs is 2. The van der Waals surface area contributed by atoms with Crippen molar-refractivity contribution in [2.24, 2.45) is 0 Å². The molecule has 1 amide bonds. The summed E-state index contributed by atoms with van der Waals surface area (Å²) in [4.78, 5) is 26.1. The maximum Gasteiger partial charge on any atom is 0.317 e. The number of nitrogens with one attached hydrogen (secondary N) is 1. The molecule has 6 nitrogen and oxygen atoms in total. The maximum absolute atomic E-state index is 13.2. The summed E-state index contributed by atoms with van der Waals surface area (Å²) in [6.45, 7) is 2.70. The van der Waals surface area contributed by atoms with Crippen molar-refractivity contribution in [1.29, 1.82) is 0 Å². The third-order valence-corrected chi connectivity index (χ3v) is 5.66. The molecule has 0 atom stereocenters. The topological polar surface area (TPSA) is 78.9 Å². The Hall–Kier alpha value is -2.86. The van der Waals surface area contributed by atoms with E-state index in [9.17, 15) is 9.59 Å². The van der Waals surface area contributed by atoms with Crippen LogP contribution in [0.25, 0.3) is 0 Å². The number of amides is 1. The number of carbonyl (C=O) groups is 2. The molecule has 1 aliphatic heterocycles. The molecule has 6 heteroatoms. The number of carboxylic acids is 1. The maximum atomic E-state index is 13.2. The Morgan fingerprint density at radius 2 is 1.64 bits per heavy atom. The summed E-state index contributed by atoms with van der Waals surface area (Å²) >= 11 is 0. The lowest BCUT2D eigenvalue weighted by Gasteiger charge is -2.42. The van der Waals surface area contributed by atoms with Gasteiger partial charge in [0.2, 0.25) is 5.91 Å². The van der Waals surface area contributed by atoms with E-state index in [1.165, 1.54) is 0 Å². The molecule has 0 spiro atoms. The van der Waals surface area contributed by atoms with Crippen molar-refractivity contribution in [2.75, 3.05) is 13.1 Å². The Labute approximate surface area is 164 Å². The smallest absolute Gasteiger partial charge is 0.317 e. The fourth-order valence-corrected chi connectivity index (χ4v) is 4.15. The SMILES string of the molecule is CCN(CC(=O)O)C1CC(NC(=O)C2c3ccccc3Oc3ccccc32)C1. The second kappa shape index (κ2) is 7.64. The van der Waals surface area contributed by atoms with E-state index in [1.807, 2.05) is 60.4 Å². The first-order valence-corrected chi connectivity index (χ1v) is 9.68. The van der Waals surface area contributed by atoms with Crippen LogP contribution in [0.3, 0.4) is 0 Å². The third kappa shape index (κ3) is 3.47. The van der Waals surface area contributed by atoms with Crippen LogP contribution in [-0.4, -0.2) is 47.1 Å². The quantitative estimate of drug-likeness (QED) is 0.806. The number of hydrogen-bond acceptors (Lipinski definition) is 4. The van der Waals surface area contributed by atoms with Crippen molar-refractivity contribution in [3.63, 3.8) is 0 Å². The number of rotatable bonds is 6. The largest absolute Gasteiger partial charge is 0.480 e. The molecule has 1 saturated carbocycles. The van der Waals surface area contributed by atoms with E-state index in [-0.39, 0.29) is 24.5 Å². The molecule has 2 aromatic carbocycles. The van der Waals surface area contributed by atoms with Crippen molar-refractivity contribution in [1.82, 2.24) is 10.2 Å². The van der Waals surface area contributed by atoms with Gasteiger partial charge in [0, 0.05) is 23.2 Å². The van der Waals surface area contributed by atoms with Gasteiger partial charge >= 0.3 is 5.97 Å². The van der Waals surface area contributed by atoms with E-state index in [0.717, 1.165) is 24.0 Å². The first kappa shape index (κ1) is 18.5. The summed E-state index contributed by atoms with van der Waals surface area (Å²) in [5, 5.41) is 12.2. The summed E-state index contributed by atoms with van der Waals surface area (Å²) in [6.07, 6.45) is 1.55. The number of carbonyl (C=O) groups excluding carboxylic acids is 1. The minimum absolute atomic E-state index is 0.0343. The highest BCUT2D eigenvalue weighted by atomic mass is 16.5. The minimum atomic E-state index is -0.815. The Morgan fingerprint density at radius 3 is 2.18 bits per heavy atom. The highest BCUT2D eigenvalue weighted by Gasteiger charge is 2.38. The Bertz CT molecular complexity index is 846. The summed E-state index contributed by atoms with van der Waals surface area (Å²) in [5.41, 5.74) is 1.74. The van der Waals surface area contributed by atoms with E-state index in [2.05, 4.69) is 5.32 Å². The lowest BCUT2D eigenvalue weighted by Crippen LogP contribution is -2.55. The average Bonchev–Trinajstić information content (AvgIpc) is 2.66. The molecule has 1 aliphatic carbocycles. The molecule has 0 saturated heterocycles. The van der Waals surface area contributed by atoms with E-state index >= 15 is 0 Å². The molecule has 1 heterocycles. The number of benzene rings is 2. The van der Waals surface area contributed by atoms with Crippen LogP contribution in [0, 0.1) is 0 Å². The highest BCUT2D eigenvalue weighted by Crippen LogP contribution is 2.44. The second-order valence-electron chi connectivity index (χ2n) is 7.40. The number of nitrogens with zero attached hydrogens (tertiary/aromatic N) is 1. The normalized spacial score (nSPS) is 20.5. The predicted molar refractivity (Wildman–Crippen MR) is 105 cm³/mol. The van der Waals surface area contributed by atoms with E-state index in [0.29, 0.717) is 18.0 Å². The number of hydrogen-bond donors (Lipinski definition) is 2. The zero-order valence-corrected chi connectivity index (χ0v) is 15.8. The molecular weight excluding hydrogens is 356 g/mol. The lowest BCUT2D eigenvalue weighted by atomic mass is 9.83. The van der Waals surface area contributed by atoms with Crippen LogP contribution in [0.5, 0.6) is 11.5 Å². The van der Waals surface area contributed by atoms with Crippen molar-refractivity contribution in [3.05, 3.63) is 59.7 Å². The van der Waals surface area contributed by atoms with Crippen LogP contribution >= 0.6 is 0 Å². The van der Waals surface area contributed by atoms with Crippen LogP contribution in [0.15, 0.2) is 48.5 Å². The molecule has 1 fully saturated rings. The van der Waals surface area contributed by atoms with Crippen molar-refractivity contribution in [2.45, 2.75) is 37.8 Å². The van der Waals surface area contributed by atoms with Crippen LogP contribution in [0.2, 0.25) is 0 Å². The summed E-state index contributed by atoms with van der Waals surface area (Å²) in [6, 6.07) is 15.6. The number of para-hydroxylation sites is 2. The molecule has 2 aliphatic rings. The third-order valence-electron chi connectivity index (χ3n) is 5.66. The fourth-order valence-electron chi connectivity index (χ4n) is 4.15. The van der Waals surface area contributed by atoms with Gasteiger partial charge in [0.25, 0.3) is 0 Å². The minimum Gasteiger partial charge on any atom is -0.480 e. The molecular formula is C22H24N2O4. The zero-order valence-electron chi connectivity index (χ0n) is 15.8. The van der Waals surface area contributed by atoms with Gasteiger partial charge in [-0.25, -0.2) is 0 Å².